The lowest BCUT2D eigenvalue weighted by Gasteiger charge is -2.44. The molecular weight excluding hydrogens is 220 g/mol. The number of rotatable bonds is 4. The van der Waals surface area contributed by atoms with Crippen LogP contribution in [0.3, 0.4) is 0 Å². The molecule has 2 fully saturated rings. The summed E-state index contributed by atoms with van der Waals surface area (Å²) in [5, 5.41) is 0. The van der Waals surface area contributed by atoms with Crippen molar-refractivity contribution < 1.29 is 4.74 Å². The smallest absolute Gasteiger partial charge is 0.0648 e. The lowest BCUT2D eigenvalue weighted by molar-refractivity contribution is -0.0445. The molecule has 1 heteroatoms. The Morgan fingerprint density at radius 1 is 1.00 bits per heavy atom. The van der Waals surface area contributed by atoms with E-state index in [4.69, 9.17) is 4.74 Å². The van der Waals surface area contributed by atoms with E-state index in [0.717, 1.165) is 24.4 Å². The molecule has 4 unspecified atom stereocenters. The van der Waals surface area contributed by atoms with Gasteiger partial charge in [0.2, 0.25) is 0 Å². The number of hydrogen-bond acceptors (Lipinski definition) is 1. The fourth-order valence-corrected chi connectivity index (χ4v) is 4.27. The highest BCUT2D eigenvalue weighted by Gasteiger charge is 2.38. The average molecular weight is 250 g/mol. The fraction of sp³-hybridized carbons (Fsp3) is 0.882. The summed E-state index contributed by atoms with van der Waals surface area (Å²) >= 11 is 0. The SMILES string of the molecule is C=CCOC1CCC(C2CCCCC2)C(C)C1C. The minimum absolute atomic E-state index is 0.470. The molecule has 1 nitrogen and oxygen atoms in total. The molecule has 0 saturated heterocycles. The van der Waals surface area contributed by atoms with Gasteiger partial charge in [0.05, 0.1) is 12.7 Å². The van der Waals surface area contributed by atoms with E-state index < -0.39 is 0 Å². The summed E-state index contributed by atoms with van der Waals surface area (Å²) in [5.74, 6) is 3.52. The average Bonchev–Trinajstić information content (AvgIpc) is 2.41. The van der Waals surface area contributed by atoms with E-state index in [1.54, 1.807) is 0 Å². The van der Waals surface area contributed by atoms with Crippen molar-refractivity contribution in [2.24, 2.45) is 23.7 Å². The van der Waals surface area contributed by atoms with Crippen molar-refractivity contribution in [1.82, 2.24) is 0 Å². The van der Waals surface area contributed by atoms with Crippen LogP contribution in [0.1, 0.15) is 58.8 Å². The summed E-state index contributed by atoms with van der Waals surface area (Å²) in [6.07, 6.45) is 12.4. The van der Waals surface area contributed by atoms with E-state index in [2.05, 4.69) is 20.4 Å². The maximum absolute atomic E-state index is 5.93. The van der Waals surface area contributed by atoms with E-state index in [1.807, 2.05) is 6.08 Å². The maximum atomic E-state index is 5.93. The summed E-state index contributed by atoms with van der Waals surface area (Å²) in [4.78, 5) is 0. The highest BCUT2D eigenvalue weighted by atomic mass is 16.5. The lowest BCUT2D eigenvalue weighted by atomic mass is 9.64. The van der Waals surface area contributed by atoms with Crippen LogP contribution >= 0.6 is 0 Å². The molecular formula is C17H30O. The van der Waals surface area contributed by atoms with Gasteiger partial charge in [-0.25, -0.2) is 0 Å². The van der Waals surface area contributed by atoms with Crippen molar-refractivity contribution in [3.8, 4) is 0 Å². The zero-order chi connectivity index (χ0) is 13.0. The molecule has 2 rings (SSSR count). The van der Waals surface area contributed by atoms with Gasteiger partial charge in [0.1, 0.15) is 0 Å². The Balaban J connectivity index is 1.90. The Labute approximate surface area is 113 Å². The molecule has 0 amide bonds. The molecule has 2 aliphatic rings. The summed E-state index contributed by atoms with van der Waals surface area (Å²) in [6, 6.07) is 0. The maximum Gasteiger partial charge on any atom is 0.0648 e. The van der Waals surface area contributed by atoms with Crippen LogP contribution < -0.4 is 0 Å². The van der Waals surface area contributed by atoms with Crippen LogP contribution in [0.15, 0.2) is 12.7 Å². The summed E-state index contributed by atoms with van der Waals surface area (Å²) in [7, 11) is 0. The van der Waals surface area contributed by atoms with Gasteiger partial charge in [-0.1, -0.05) is 52.0 Å². The third-order valence-corrected chi connectivity index (χ3v) is 5.56. The predicted octanol–water partition coefficient (Wildman–Crippen LogP) is 4.82. The Bertz CT molecular complexity index is 254. The third kappa shape index (κ3) is 3.17. The number of hydrogen-bond donors (Lipinski definition) is 0. The van der Waals surface area contributed by atoms with Gasteiger partial charge in [0.25, 0.3) is 0 Å². The Kier molecular flexibility index (Phi) is 5.29. The molecule has 0 aromatic rings. The first-order chi connectivity index (χ1) is 8.74. The first-order valence-corrected chi connectivity index (χ1v) is 7.96. The van der Waals surface area contributed by atoms with Crippen LogP contribution in [0.2, 0.25) is 0 Å². The van der Waals surface area contributed by atoms with Crippen LogP contribution in [0.5, 0.6) is 0 Å². The van der Waals surface area contributed by atoms with Gasteiger partial charge in [-0.15, -0.1) is 6.58 Å². The minimum Gasteiger partial charge on any atom is -0.374 e. The summed E-state index contributed by atoms with van der Waals surface area (Å²) in [6.45, 7) is 9.33. The Hall–Kier alpha value is -0.300. The highest BCUT2D eigenvalue weighted by Crippen LogP contribution is 2.44. The zero-order valence-corrected chi connectivity index (χ0v) is 12.2. The van der Waals surface area contributed by atoms with Crippen LogP contribution in [0, 0.1) is 23.7 Å². The second kappa shape index (κ2) is 6.75. The number of ether oxygens (including phenoxy) is 1. The van der Waals surface area contributed by atoms with Gasteiger partial charge in [-0.2, -0.15) is 0 Å². The van der Waals surface area contributed by atoms with Gasteiger partial charge in [-0.05, 0) is 36.5 Å². The summed E-state index contributed by atoms with van der Waals surface area (Å²) in [5.41, 5.74) is 0. The molecule has 104 valence electrons. The predicted molar refractivity (Wildman–Crippen MR) is 77.6 cm³/mol. The first-order valence-electron chi connectivity index (χ1n) is 7.96. The molecule has 0 aromatic carbocycles. The topological polar surface area (TPSA) is 9.23 Å². The Morgan fingerprint density at radius 3 is 2.39 bits per heavy atom. The van der Waals surface area contributed by atoms with Crippen LogP contribution in [0.25, 0.3) is 0 Å². The second-order valence-electron chi connectivity index (χ2n) is 6.52. The lowest BCUT2D eigenvalue weighted by Crippen LogP contribution is -2.39. The van der Waals surface area contributed by atoms with Gasteiger partial charge in [0.15, 0.2) is 0 Å². The first kappa shape index (κ1) is 14.1. The largest absolute Gasteiger partial charge is 0.374 e. The van der Waals surface area contributed by atoms with E-state index in [1.165, 1.54) is 44.9 Å². The van der Waals surface area contributed by atoms with Crippen molar-refractivity contribution in [3.05, 3.63) is 12.7 Å². The van der Waals surface area contributed by atoms with Crippen molar-refractivity contribution in [3.63, 3.8) is 0 Å². The Morgan fingerprint density at radius 2 is 1.72 bits per heavy atom. The molecule has 2 saturated carbocycles. The van der Waals surface area contributed by atoms with Crippen molar-refractivity contribution >= 4 is 0 Å². The van der Waals surface area contributed by atoms with E-state index in [9.17, 15) is 0 Å². The monoisotopic (exact) mass is 250 g/mol. The second-order valence-corrected chi connectivity index (χ2v) is 6.52. The fourth-order valence-electron chi connectivity index (χ4n) is 4.27. The molecule has 0 bridgehead atoms. The van der Waals surface area contributed by atoms with Gasteiger partial charge in [-0.3, -0.25) is 0 Å². The van der Waals surface area contributed by atoms with Gasteiger partial charge >= 0.3 is 0 Å². The molecule has 2 aliphatic carbocycles. The minimum atomic E-state index is 0.470. The van der Waals surface area contributed by atoms with Crippen LogP contribution in [-0.2, 0) is 4.74 Å². The molecule has 0 radical (unpaired) electrons. The normalized spacial score (nSPS) is 38.6. The molecule has 0 aromatic heterocycles. The van der Waals surface area contributed by atoms with Crippen LogP contribution in [0.4, 0.5) is 0 Å². The summed E-state index contributed by atoms with van der Waals surface area (Å²) < 4.78 is 5.93. The molecule has 18 heavy (non-hydrogen) atoms. The molecule has 0 heterocycles. The third-order valence-electron chi connectivity index (χ3n) is 5.56. The van der Waals surface area contributed by atoms with Crippen molar-refractivity contribution in [1.29, 1.82) is 0 Å². The van der Waals surface area contributed by atoms with Crippen molar-refractivity contribution in [2.75, 3.05) is 6.61 Å². The quantitative estimate of drug-likeness (QED) is 0.650. The molecule has 0 aliphatic heterocycles. The zero-order valence-electron chi connectivity index (χ0n) is 12.2. The van der Waals surface area contributed by atoms with Crippen LogP contribution in [-0.4, -0.2) is 12.7 Å². The highest BCUT2D eigenvalue weighted by molar-refractivity contribution is 4.88. The standard InChI is InChI=1S/C17H30O/c1-4-12-18-17-11-10-16(13(2)14(17)3)15-8-6-5-7-9-15/h4,13-17H,1,5-12H2,2-3H3. The van der Waals surface area contributed by atoms with Gasteiger partial charge in [0, 0.05) is 0 Å². The molecule has 0 spiro atoms. The van der Waals surface area contributed by atoms with E-state index >= 15 is 0 Å². The van der Waals surface area contributed by atoms with Gasteiger partial charge < -0.3 is 4.74 Å². The van der Waals surface area contributed by atoms with E-state index in [0.29, 0.717) is 12.0 Å². The molecule has 4 atom stereocenters. The molecule has 0 N–H and O–H groups in total. The van der Waals surface area contributed by atoms with Crippen molar-refractivity contribution in [2.45, 2.75) is 64.9 Å². The van der Waals surface area contributed by atoms with E-state index in [-0.39, 0.29) is 0 Å².